The summed E-state index contributed by atoms with van der Waals surface area (Å²) in [5, 5.41) is 5.78. The summed E-state index contributed by atoms with van der Waals surface area (Å²) in [5.74, 6) is -0.315. The number of rotatable bonds is 24. The summed E-state index contributed by atoms with van der Waals surface area (Å²) >= 11 is 0. The smallest absolute Gasteiger partial charge is 0.246 e. The third-order valence-electron chi connectivity index (χ3n) is 10.9. The Labute approximate surface area is 360 Å². The first-order valence-corrected chi connectivity index (χ1v) is 21.8. The molecule has 16 nitrogen and oxygen atoms in total. The normalized spacial score (nSPS) is 17.4. The summed E-state index contributed by atoms with van der Waals surface area (Å²) in [6, 6.07) is 15.0. The van der Waals surface area contributed by atoms with Gasteiger partial charge >= 0.3 is 0 Å². The number of carbonyl (C=O) groups is 4. The van der Waals surface area contributed by atoms with Gasteiger partial charge in [-0.1, -0.05) is 48.5 Å². The highest BCUT2D eigenvalue weighted by Gasteiger charge is 2.25. The Kier molecular flexibility index (Phi) is 20.5. The van der Waals surface area contributed by atoms with Gasteiger partial charge in [-0.2, -0.15) is 0 Å². The minimum atomic E-state index is -0.234. The van der Waals surface area contributed by atoms with Crippen molar-refractivity contribution in [3.05, 3.63) is 77.4 Å². The van der Waals surface area contributed by atoms with Crippen LogP contribution in [-0.4, -0.2) is 157 Å². The number of piperidine rings is 1. The SMILES string of the molecule is N/C1=C(\N)c2ccccc2N(C(=O)CCC(=O)NCCOCCOCCOCCOCCC(=O)NCCN2CCN(C/C=C/C(=O)N3CCCCC3)CC2)Cc2ccccc21. The zero-order valence-electron chi connectivity index (χ0n) is 35.7. The van der Waals surface area contributed by atoms with Crippen molar-refractivity contribution in [2.45, 2.75) is 45.1 Å². The lowest BCUT2D eigenvalue weighted by Crippen LogP contribution is -2.48. The Bertz CT molecular complexity index is 1760. The van der Waals surface area contributed by atoms with Gasteiger partial charge in [0, 0.05) is 102 Å². The molecule has 334 valence electrons. The number of hydrogen-bond donors (Lipinski definition) is 4. The fourth-order valence-electron chi connectivity index (χ4n) is 7.42. The zero-order chi connectivity index (χ0) is 43.1. The highest BCUT2D eigenvalue weighted by Crippen LogP contribution is 2.34. The summed E-state index contributed by atoms with van der Waals surface area (Å²) in [7, 11) is 0. The first kappa shape index (κ1) is 47.2. The molecule has 0 atom stereocenters. The van der Waals surface area contributed by atoms with Crippen molar-refractivity contribution in [2.24, 2.45) is 11.5 Å². The maximum absolute atomic E-state index is 13.5. The molecule has 2 aromatic carbocycles. The quantitative estimate of drug-likeness (QED) is 0.0888. The molecule has 2 fully saturated rings. The molecular weight excluding hydrogens is 781 g/mol. The Morgan fingerprint density at radius 3 is 1.90 bits per heavy atom. The van der Waals surface area contributed by atoms with Gasteiger partial charge in [0.25, 0.3) is 0 Å². The van der Waals surface area contributed by atoms with Crippen LogP contribution in [0.4, 0.5) is 5.69 Å². The summed E-state index contributed by atoms with van der Waals surface area (Å²) in [5.41, 5.74) is 16.8. The lowest BCUT2D eigenvalue weighted by molar-refractivity contribution is -0.127. The molecule has 3 aliphatic rings. The molecule has 61 heavy (non-hydrogen) atoms. The third-order valence-corrected chi connectivity index (χ3v) is 10.9. The second kappa shape index (κ2) is 26.5. The second-order valence-electron chi connectivity index (χ2n) is 15.3. The lowest BCUT2D eigenvalue weighted by atomic mass is 9.96. The van der Waals surface area contributed by atoms with E-state index >= 15 is 0 Å². The minimum Gasteiger partial charge on any atom is -0.397 e. The molecule has 2 saturated heterocycles. The van der Waals surface area contributed by atoms with Gasteiger partial charge in [-0.3, -0.25) is 29.0 Å². The first-order valence-electron chi connectivity index (χ1n) is 21.8. The number of hydrogen-bond acceptors (Lipinski definition) is 12. The van der Waals surface area contributed by atoms with E-state index in [1.54, 1.807) is 11.0 Å². The molecule has 0 aliphatic carbocycles. The Morgan fingerprint density at radius 2 is 1.18 bits per heavy atom. The number of ether oxygens (including phenoxy) is 4. The van der Waals surface area contributed by atoms with Crippen LogP contribution in [0, 0.1) is 0 Å². The molecule has 0 aromatic heterocycles. The van der Waals surface area contributed by atoms with Gasteiger partial charge in [0.15, 0.2) is 0 Å². The monoisotopic (exact) mass is 847 g/mol. The molecule has 0 saturated carbocycles. The molecule has 6 N–H and O–H groups in total. The van der Waals surface area contributed by atoms with Crippen LogP contribution in [0.1, 0.15) is 55.2 Å². The Hall–Kier alpha value is -4.84. The average molecular weight is 847 g/mol. The van der Waals surface area contributed by atoms with E-state index in [2.05, 4.69) is 20.4 Å². The summed E-state index contributed by atoms with van der Waals surface area (Å²) in [6.45, 7) is 11.4. The van der Waals surface area contributed by atoms with Crippen LogP contribution in [0.3, 0.4) is 0 Å². The number of likely N-dealkylation sites (tertiary alicyclic amines) is 1. The highest BCUT2D eigenvalue weighted by atomic mass is 16.6. The Balaban J connectivity index is 0.790. The number of amides is 4. The molecule has 3 heterocycles. The second-order valence-corrected chi connectivity index (χ2v) is 15.3. The molecule has 16 heteroatoms. The van der Waals surface area contributed by atoms with E-state index in [0.717, 1.165) is 76.3 Å². The van der Waals surface area contributed by atoms with E-state index in [9.17, 15) is 19.2 Å². The molecule has 5 rings (SSSR count). The third kappa shape index (κ3) is 16.2. The number of piperazine rings is 1. The van der Waals surface area contributed by atoms with Crippen molar-refractivity contribution in [1.29, 1.82) is 0 Å². The van der Waals surface area contributed by atoms with Crippen LogP contribution in [0.25, 0.3) is 11.4 Å². The molecule has 3 aliphatic heterocycles. The largest absolute Gasteiger partial charge is 0.397 e. The van der Waals surface area contributed by atoms with Crippen molar-refractivity contribution in [1.82, 2.24) is 25.3 Å². The fraction of sp³-hybridized carbons (Fsp3) is 0.556. The van der Waals surface area contributed by atoms with Gasteiger partial charge in [0.05, 0.1) is 76.5 Å². The molecule has 4 amide bonds. The summed E-state index contributed by atoms with van der Waals surface area (Å²) < 4.78 is 22.2. The van der Waals surface area contributed by atoms with Crippen LogP contribution in [-0.2, 0) is 44.7 Å². The number of nitrogens with two attached hydrogens (primary N) is 2. The van der Waals surface area contributed by atoms with Gasteiger partial charge in [0.1, 0.15) is 0 Å². The van der Waals surface area contributed by atoms with Crippen molar-refractivity contribution < 1.29 is 38.1 Å². The topological polar surface area (TPSA) is 194 Å². The Morgan fingerprint density at radius 1 is 0.607 bits per heavy atom. The number of nitrogens with zero attached hydrogens (tertiary/aromatic N) is 4. The average Bonchev–Trinajstić information content (AvgIpc) is 3.28. The van der Waals surface area contributed by atoms with E-state index < -0.39 is 0 Å². The van der Waals surface area contributed by atoms with Gasteiger partial charge in [-0.05, 0) is 30.9 Å². The van der Waals surface area contributed by atoms with Crippen LogP contribution < -0.4 is 27.0 Å². The molecule has 0 unspecified atom stereocenters. The maximum Gasteiger partial charge on any atom is 0.246 e. The number of carbonyl (C=O) groups excluding carboxylic acids is 4. The van der Waals surface area contributed by atoms with E-state index in [0.29, 0.717) is 102 Å². The van der Waals surface area contributed by atoms with Gasteiger partial charge in [-0.15, -0.1) is 0 Å². The van der Waals surface area contributed by atoms with Gasteiger partial charge in [0.2, 0.25) is 23.6 Å². The zero-order valence-corrected chi connectivity index (χ0v) is 35.7. The van der Waals surface area contributed by atoms with Crippen molar-refractivity contribution >= 4 is 40.7 Å². The molecule has 0 radical (unpaired) electrons. The summed E-state index contributed by atoms with van der Waals surface area (Å²) in [6.07, 6.45) is 7.53. The molecule has 2 aromatic rings. The van der Waals surface area contributed by atoms with Crippen LogP contribution >= 0.6 is 0 Å². The number of fused-ring (bicyclic) bond motifs is 2. The standard InChI is InChI=1S/C45H66N8O8/c46-44-37-10-3-2-9-36(37)35-53(39-12-5-4-11-38(39)45(44)47)43(57)15-14-40(54)49-18-28-59-30-32-61-34-33-60-31-29-58-27-16-41(55)48-17-22-51-25-23-50(24-26-51)19-8-13-42(56)52-20-6-1-7-21-52/h2-5,8-13H,1,6-7,14-35,46-47H2,(H,48,55)(H,49,54)/b13-8+,45-44-. The van der Waals surface area contributed by atoms with Crippen LogP contribution in [0.15, 0.2) is 60.7 Å². The number of nitrogens with one attached hydrogen (secondary N) is 2. The van der Waals surface area contributed by atoms with E-state index in [1.807, 2.05) is 59.5 Å². The highest BCUT2D eigenvalue weighted by molar-refractivity contribution is 6.01. The van der Waals surface area contributed by atoms with Crippen molar-refractivity contribution in [2.75, 3.05) is 123 Å². The fourth-order valence-corrected chi connectivity index (χ4v) is 7.42. The van der Waals surface area contributed by atoms with Crippen LogP contribution in [0.5, 0.6) is 0 Å². The minimum absolute atomic E-state index is 0.0261. The van der Waals surface area contributed by atoms with Crippen molar-refractivity contribution in [3.63, 3.8) is 0 Å². The number of anilines is 1. The van der Waals surface area contributed by atoms with E-state index in [1.165, 1.54) is 6.42 Å². The predicted octanol–water partition coefficient (Wildman–Crippen LogP) is 1.93. The van der Waals surface area contributed by atoms with Crippen LogP contribution in [0.2, 0.25) is 0 Å². The number of benzene rings is 2. The van der Waals surface area contributed by atoms with Gasteiger partial charge in [-0.25, -0.2) is 0 Å². The first-order chi connectivity index (χ1) is 29.8. The van der Waals surface area contributed by atoms with Gasteiger partial charge < -0.3 is 50.8 Å². The maximum atomic E-state index is 13.5. The number of para-hydroxylation sites is 1. The predicted molar refractivity (Wildman–Crippen MR) is 235 cm³/mol. The molecule has 0 bridgehead atoms. The van der Waals surface area contributed by atoms with Crippen molar-refractivity contribution in [3.8, 4) is 0 Å². The summed E-state index contributed by atoms with van der Waals surface area (Å²) in [4.78, 5) is 58.8. The van der Waals surface area contributed by atoms with E-state index in [4.69, 9.17) is 30.4 Å². The molecular formula is C45H66N8O8. The molecule has 0 spiro atoms. The van der Waals surface area contributed by atoms with E-state index in [-0.39, 0.29) is 36.5 Å². The lowest BCUT2D eigenvalue weighted by Gasteiger charge is -2.34.